The van der Waals surface area contributed by atoms with Gasteiger partial charge in [-0.25, -0.2) is 0 Å². The number of ether oxygens (including phenoxy) is 1. The Morgan fingerprint density at radius 3 is 2.90 bits per heavy atom. The van der Waals surface area contributed by atoms with E-state index in [9.17, 15) is 0 Å². The number of hydrogen-bond donors (Lipinski definition) is 1. The largest absolute Gasteiger partial charge is 0.372 e. The van der Waals surface area contributed by atoms with Crippen LogP contribution in [-0.4, -0.2) is 44.5 Å². The fourth-order valence-electron chi connectivity index (χ4n) is 5.65. The van der Waals surface area contributed by atoms with Crippen LogP contribution in [0.5, 0.6) is 0 Å². The molecule has 0 radical (unpaired) electrons. The quantitative estimate of drug-likeness (QED) is 0.658. The van der Waals surface area contributed by atoms with Gasteiger partial charge in [0.15, 0.2) is 0 Å². The summed E-state index contributed by atoms with van der Waals surface area (Å²) in [6, 6.07) is 10.4. The Balaban J connectivity index is 1.20. The molecule has 1 N–H and O–H groups in total. The Kier molecular flexibility index (Phi) is 4.46. The van der Waals surface area contributed by atoms with Crippen LogP contribution in [0.3, 0.4) is 0 Å². The van der Waals surface area contributed by atoms with Crippen molar-refractivity contribution in [2.45, 2.75) is 50.4 Å². The molecule has 31 heavy (non-hydrogen) atoms. The highest BCUT2D eigenvalue weighted by Gasteiger charge is 2.53. The average Bonchev–Trinajstić information content (AvgIpc) is 3.50. The van der Waals surface area contributed by atoms with E-state index < -0.39 is 0 Å². The second kappa shape index (κ2) is 7.12. The molecule has 5 heterocycles. The number of rotatable bonds is 3. The van der Waals surface area contributed by atoms with Crippen LogP contribution in [0.1, 0.15) is 37.4 Å². The molecule has 2 fully saturated rings. The Bertz CT molecular complexity index is 1110. The van der Waals surface area contributed by atoms with Crippen LogP contribution in [0.2, 0.25) is 5.02 Å². The molecule has 162 valence electrons. The van der Waals surface area contributed by atoms with Gasteiger partial charge < -0.3 is 14.6 Å². The standard InChI is InChI=1S/C24H28ClN5O/c1-2-29-15-18(13-26-29)14-28-10-7-23(8-11-28)16-24(17-31-23)22-4-3-9-30(22)21-6-5-19(25)12-20(21)27-24/h3-6,9,12-13,15,27H,2,7-8,10-11,14,16-17H2,1H3. The zero-order valence-electron chi connectivity index (χ0n) is 17.9. The second-order valence-corrected chi connectivity index (χ2v) is 9.70. The predicted molar refractivity (Wildman–Crippen MR) is 122 cm³/mol. The van der Waals surface area contributed by atoms with Crippen molar-refractivity contribution in [3.63, 3.8) is 0 Å². The lowest BCUT2D eigenvalue weighted by Gasteiger charge is -2.41. The molecule has 1 atom stereocenters. The Morgan fingerprint density at radius 2 is 2.10 bits per heavy atom. The number of benzene rings is 1. The van der Waals surface area contributed by atoms with Gasteiger partial charge in [0.25, 0.3) is 0 Å². The monoisotopic (exact) mass is 437 g/mol. The van der Waals surface area contributed by atoms with E-state index in [2.05, 4.69) is 57.4 Å². The highest BCUT2D eigenvalue weighted by Crippen LogP contribution is 2.50. The number of anilines is 1. The van der Waals surface area contributed by atoms with Crippen LogP contribution in [0.4, 0.5) is 5.69 Å². The first-order valence-electron chi connectivity index (χ1n) is 11.2. The summed E-state index contributed by atoms with van der Waals surface area (Å²) < 4.78 is 10.9. The second-order valence-electron chi connectivity index (χ2n) is 9.26. The van der Waals surface area contributed by atoms with Crippen LogP contribution < -0.4 is 5.32 Å². The summed E-state index contributed by atoms with van der Waals surface area (Å²) in [5.41, 5.74) is 4.55. The SMILES string of the molecule is CCn1cc(CN2CCC3(CC2)CC2(CO3)Nc3cc(Cl)ccc3-n3cccc32)cn1. The molecular formula is C24H28ClN5O. The number of aromatic nitrogens is 3. The highest BCUT2D eigenvalue weighted by molar-refractivity contribution is 6.31. The van der Waals surface area contributed by atoms with Gasteiger partial charge in [-0.05, 0) is 50.1 Å². The molecule has 7 heteroatoms. The minimum Gasteiger partial charge on any atom is -0.372 e. The molecule has 0 saturated carbocycles. The van der Waals surface area contributed by atoms with Crippen molar-refractivity contribution in [1.29, 1.82) is 0 Å². The van der Waals surface area contributed by atoms with E-state index in [0.29, 0.717) is 6.61 Å². The van der Waals surface area contributed by atoms with Crippen molar-refractivity contribution >= 4 is 17.3 Å². The van der Waals surface area contributed by atoms with Crippen LogP contribution >= 0.6 is 11.6 Å². The molecule has 1 unspecified atom stereocenters. The van der Waals surface area contributed by atoms with E-state index in [4.69, 9.17) is 16.3 Å². The molecule has 2 spiro atoms. The molecule has 6 nitrogen and oxygen atoms in total. The van der Waals surface area contributed by atoms with Crippen molar-refractivity contribution < 1.29 is 4.74 Å². The van der Waals surface area contributed by atoms with Gasteiger partial charge in [-0.2, -0.15) is 5.10 Å². The average molecular weight is 438 g/mol. The van der Waals surface area contributed by atoms with Gasteiger partial charge in [0.1, 0.15) is 5.54 Å². The molecule has 2 saturated heterocycles. The zero-order chi connectivity index (χ0) is 21.1. The molecule has 3 aliphatic rings. The maximum absolute atomic E-state index is 6.61. The molecule has 3 aromatic rings. The van der Waals surface area contributed by atoms with E-state index in [1.165, 1.54) is 11.3 Å². The molecule has 0 amide bonds. The third-order valence-corrected chi connectivity index (χ3v) is 7.50. The summed E-state index contributed by atoms with van der Waals surface area (Å²) in [7, 11) is 0. The fraction of sp³-hybridized carbons (Fsp3) is 0.458. The Morgan fingerprint density at radius 1 is 1.23 bits per heavy atom. The highest BCUT2D eigenvalue weighted by atomic mass is 35.5. The lowest BCUT2D eigenvalue weighted by molar-refractivity contribution is -0.0451. The fourth-order valence-corrected chi connectivity index (χ4v) is 5.83. The smallest absolute Gasteiger partial charge is 0.104 e. The molecule has 2 aromatic heterocycles. The number of aryl methyl sites for hydroxylation is 1. The lowest BCUT2D eigenvalue weighted by Crippen LogP contribution is -2.46. The van der Waals surface area contributed by atoms with E-state index in [1.54, 1.807) is 0 Å². The molecule has 3 aliphatic heterocycles. The van der Waals surface area contributed by atoms with Gasteiger partial charge in [0.2, 0.25) is 0 Å². The topological polar surface area (TPSA) is 47.2 Å². The minimum atomic E-state index is -0.203. The Labute approximate surface area is 187 Å². The van der Waals surface area contributed by atoms with Gasteiger partial charge in [0.05, 0.1) is 35.5 Å². The number of fused-ring (bicyclic) bond motifs is 4. The third kappa shape index (κ3) is 3.20. The van der Waals surface area contributed by atoms with E-state index >= 15 is 0 Å². The molecule has 0 bridgehead atoms. The number of halogens is 1. The summed E-state index contributed by atoms with van der Waals surface area (Å²) in [5, 5.41) is 9.00. The molecule has 1 aromatic carbocycles. The number of likely N-dealkylation sites (tertiary alicyclic amines) is 1. The maximum atomic E-state index is 6.61. The van der Waals surface area contributed by atoms with Gasteiger partial charge in [0, 0.05) is 55.6 Å². The van der Waals surface area contributed by atoms with Crippen molar-refractivity contribution in [3.05, 3.63) is 65.2 Å². The molecule has 0 aliphatic carbocycles. The Hall–Kier alpha value is -2.28. The van der Waals surface area contributed by atoms with Gasteiger partial charge >= 0.3 is 0 Å². The lowest BCUT2D eigenvalue weighted by atomic mass is 9.79. The van der Waals surface area contributed by atoms with E-state index in [0.717, 1.165) is 61.8 Å². The summed E-state index contributed by atoms with van der Waals surface area (Å²) in [4.78, 5) is 2.53. The predicted octanol–water partition coefficient (Wildman–Crippen LogP) is 4.42. The first-order chi connectivity index (χ1) is 15.1. The number of nitrogens with zero attached hydrogens (tertiary/aromatic N) is 4. The van der Waals surface area contributed by atoms with E-state index in [1.807, 2.05) is 23.0 Å². The molecule has 6 rings (SSSR count). The van der Waals surface area contributed by atoms with Gasteiger partial charge in [-0.15, -0.1) is 0 Å². The third-order valence-electron chi connectivity index (χ3n) is 7.26. The van der Waals surface area contributed by atoms with Crippen LogP contribution in [0.25, 0.3) is 5.69 Å². The van der Waals surface area contributed by atoms with Crippen LogP contribution in [0.15, 0.2) is 48.9 Å². The normalized spacial score (nSPS) is 24.3. The van der Waals surface area contributed by atoms with Crippen molar-refractivity contribution in [2.24, 2.45) is 0 Å². The first kappa shape index (κ1) is 19.4. The number of hydrogen-bond acceptors (Lipinski definition) is 4. The van der Waals surface area contributed by atoms with Crippen LogP contribution in [-0.2, 0) is 23.4 Å². The zero-order valence-corrected chi connectivity index (χ0v) is 18.6. The molecular weight excluding hydrogens is 410 g/mol. The summed E-state index contributed by atoms with van der Waals surface area (Å²) in [5.74, 6) is 0. The number of piperidine rings is 1. The minimum absolute atomic E-state index is 0.0672. The number of nitrogens with one attached hydrogen (secondary N) is 1. The van der Waals surface area contributed by atoms with E-state index in [-0.39, 0.29) is 11.1 Å². The van der Waals surface area contributed by atoms with Crippen molar-refractivity contribution in [1.82, 2.24) is 19.2 Å². The maximum Gasteiger partial charge on any atom is 0.104 e. The van der Waals surface area contributed by atoms with Gasteiger partial charge in [-0.1, -0.05) is 11.6 Å². The van der Waals surface area contributed by atoms with Crippen molar-refractivity contribution in [2.75, 3.05) is 25.0 Å². The summed E-state index contributed by atoms with van der Waals surface area (Å²) in [6.45, 7) is 6.80. The summed E-state index contributed by atoms with van der Waals surface area (Å²) in [6.07, 6.45) is 9.40. The van der Waals surface area contributed by atoms with Gasteiger partial charge in [-0.3, -0.25) is 9.58 Å². The van der Waals surface area contributed by atoms with Crippen LogP contribution in [0, 0.1) is 0 Å². The summed E-state index contributed by atoms with van der Waals surface area (Å²) >= 11 is 6.32. The van der Waals surface area contributed by atoms with Crippen molar-refractivity contribution in [3.8, 4) is 5.69 Å². The first-order valence-corrected chi connectivity index (χ1v) is 11.6.